The minimum Gasteiger partial charge on any atom is -0.345 e. The van der Waals surface area contributed by atoms with E-state index in [2.05, 4.69) is 12.2 Å². The van der Waals surface area contributed by atoms with Gasteiger partial charge in [-0.25, -0.2) is 0 Å². The van der Waals surface area contributed by atoms with Crippen molar-refractivity contribution >= 4 is 17.5 Å². The summed E-state index contributed by atoms with van der Waals surface area (Å²) in [5.74, 6) is -0.132. The molecule has 0 spiro atoms. The topological polar surface area (TPSA) is 49.4 Å². The fraction of sp³-hybridized carbons (Fsp3) is 0.500. The van der Waals surface area contributed by atoms with E-state index in [1.54, 1.807) is 32.3 Å². The number of para-hydroxylation sites is 1. The predicted molar refractivity (Wildman–Crippen MR) is 81.8 cm³/mol. The van der Waals surface area contributed by atoms with Crippen LogP contribution < -0.4 is 5.32 Å². The van der Waals surface area contributed by atoms with Crippen LogP contribution in [0, 0.1) is 0 Å². The molecule has 0 fully saturated rings. The second-order valence-corrected chi connectivity index (χ2v) is 5.10. The predicted octanol–water partition coefficient (Wildman–Crippen LogP) is 3.30. The quantitative estimate of drug-likeness (QED) is 0.777. The van der Waals surface area contributed by atoms with Gasteiger partial charge < -0.3 is 10.2 Å². The van der Waals surface area contributed by atoms with Gasteiger partial charge in [0, 0.05) is 20.5 Å². The van der Waals surface area contributed by atoms with Crippen LogP contribution in [0.25, 0.3) is 0 Å². The second-order valence-electron chi connectivity index (χ2n) is 5.10. The summed E-state index contributed by atoms with van der Waals surface area (Å²) in [6, 6.07) is 7.11. The SMILES string of the molecule is CCCCCCC(=O)Nc1ccccc1C(=O)N(C)C. The van der Waals surface area contributed by atoms with E-state index in [4.69, 9.17) is 0 Å². The van der Waals surface area contributed by atoms with Gasteiger partial charge in [-0.05, 0) is 18.6 Å². The van der Waals surface area contributed by atoms with Gasteiger partial charge in [0.1, 0.15) is 0 Å². The lowest BCUT2D eigenvalue weighted by Gasteiger charge is -2.14. The van der Waals surface area contributed by atoms with E-state index in [1.807, 2.05) is 6.07 Å². The van der Waals surface area contributed by atoms with Crippen LogP contribution in [0.15, 0.2) is 24.3 Å². The van der Waals surface area contributed by atoms with E-state index in [0.717, 1.165) is 25.7 Å². The molecule has 0 unspecified atom stereocenters. The number of unbranched alkanes of at least 4 members (excludes halogenated alkanes) is 3. The molecule has 4 nitrogen and oxygen atoms in total. The Morgan fingerprint density at radius 1 is 1.10 bits per heavy atom. The molecular weight excluding hydrogens is 252 g/mol. The molecule has 0 aliphatic carbocycles. The number of hydrogen-bond donors (Lipinski definition) is 1. The summed E-state index contributed by atoms with van der Waals surface area (Å²) < 4.78 is 0. The molecule has 4 heteroatoms. The lowest BCUT2D eigenvalue weighted by atomic mass is 10.1. The van der Waals surface area contributed by atoms with Crippen molar-refractivity contribution in [3.8, 4) is 0 Å². The number of benzene rings is 1. The average Bonchev–Trinajstić information content (AvgIpc) is 2.43. The molecule has 0 aromatic heterocycles. The largest absolute Gasteiger partial charge is 0.345 e. The summed E-state index contributed by atoms with van der Waals surface area (Å²) >= 11 is 0. The first-order valence-corrected chi connectivity index (χ1v) is 7.16. The zero-order chi connectivity index (χ0) is 15.0. The highest BCUT2D eigenvalue weighted by Crippen LogP contribution is 2.17. The van der Waals surface area contributed by atoms with E-state index >= 15 is 0 Å². The number of rotatable bonds is 7. The maximum Gasteiger partial charge on any atom is 0.255 e. The van der Waals surface area contributed by atoms with E-state index in [0.29, 0.717) is 17.7 Å². The van der Waals surface area contributed by atoms with E-state index < -0.39 is 0 Å². The normalized spacial score (nSPS) is 10.2. The fourth-order valence-electron chi connectivity index (χ4n) is 1.94. The molecule has 0 atom stereocenters. The number of amides is 2. The standard InChI is InChI=1S/C16H24N2O2/c1-4-5-6-7-12-15(19)17-14-11-9-8-10-13(14)16(20)18(2)3/h8-11H,4-7,12H2,1-3H3,(H,17,19). The van der Waals surface area contributed by atoms with Crippen molar-refractivity contribution in [2.45, 2.75) is 39.0 Å². The van der Waals surface area contributed by atoms with E-state index in [1.165, 1.54) is 4.90 Å². The van der Waals surface area contributed by atoms with Gasteiger partial charge in [0.25, 0.3) is 5.91 Å². The molecule has 1 aromatic rings. The molecule has 0 aliphatic rings. The Labute approximate surface area is 121 Å². The van der Waals surface area contributed by atoms with Gasteiger partial charge in [0.15, 0.2) is 0 Å². The first-order valence-electron chi connectivity index (χ1n) is 7.16. The fourth-order valence-corrected chi connectivity index (χ4v) is 1.94. The van der Waals surface area contributed by atoms with Crippen molar-refractivity contribution in [1.82, 2.24) is 4.90 Å². The summed E-state index contributed by atoms with van der Waals surface area (Å²) in [7, 11) is 3.40. The van der Waals surface area contributed by atoms with Gasteiger partial charge in [-0.1, -0.05) is 38.3 Å². The summed E-state index contributed by atoms with van der Waals surface area (Å²) in [5.41, 5.74) is 1.12. The number of hydrogen-bond acceptors (Lipinski definition) is 2. The minimum absolute atomic E-state index is 0.0277. The number of anilines is 1. The average molecular weight is 276 g/mol. The number of carbonyl (C=O) groups is 2. The Kier molecular flexibility index (Phi) is 6.77. The van der Waals surface area contributed by atoms with Crippen LogP contribution in [0.4, 0.5) is 5.69 Å². The van der Waals surface area contributed by atoms with Crippen LogP contribution in [0.3, 0.4) is 0 Å². The molecule has 20 heavy (non-hydrogen) atoms. The zero-order valence-corrected chi connectivity index (χ0v) is 12.6. The van der Waals surface area contributed by atoms with Gasteiger partial charge in [0.2, 0.25) is 5.91 Å². The van der Waals surface area contributed by atoms with Crippen LogP contribution in [-0.2, 0) is 4.79 Å². The molecule has 0 heterocycles. The zero-order valence-electron chi connectivity index (χ0n) is 12.6. The Morgan fingerprint density at radius 2 is 1.80 bits per heavy atom. The van der Waals surface area contributed by atoms with Crippen LogP contribution in [0.2, 0.25) is 0 Å². The van der Waals surface area contributed by atoms with Crippen molar-refractivity contribution in [2.24, 2.45) is 0 Å². The van der Waals surface area contributed by atoms with Crippen LogP contribution in [0.1, 0.15) is 49.4 Å². The molecule has 2 amide bonds. The summed E-state index contributed by atoms with van der Waals surface area (Å²) in [6.45, 7) is 2.14. The molecule has 110 valence electrons. The second kappa shape index (κ2) is 8.35. The molecule has 0 radical (unpaired) electrons. The highest BCUT2D eigenvalue weighted by molar-refractivity contribution is 6.03. The molecule has 0 saturated carbocycles. The summed E-state index contributed by atoms with van der Waals surface area (Å²) in [4.78, 5) is 25.4. The molecule has 0 bridgehead atoms. The molecular formula is C16H24N2O2. The summed E-state index contributed by atoms with van der Waals surface area (Å²) in [5, 5.41) is 2.84. The monoisotopic (exact) mass is 276 g/mol. The third-order valence-corrected chi connectivity index (χ3v) is 3.10. The van der Waals surface area contributed by atoms with Gasteiger partial charge >= 0.3 is 0 Å². The first kappa shape index (κ1) is 16.2. The maximum absolute atomic E-state index is 12.0. The molecule has 0 aliphatic heterocycles. The molecule has 0 saturated heterocycles. The van der Waals surface area contributed by atoms with Crippen molar-refractivity contribution in [1.29, 1.82) is 0 Å². The van der Waals surface area contributed by atoms with Gasteiger partial charge in [-0.15, -0.1) is 0 Å². The Morgan fingerprint density at radius 3 is 2.45 bits per heavy atom. The molecule has 1 aromatic carbocycles. The smallest absolute Gasteiger partial charge is 0.255 e. The molecule has 1 rings (SSSR count). The van der Waals surface area contributed by atoms with Crippen molar-refractivity contribution in [2.75, 3.05) is 19.4 Å². The van der Waals surface area contributed by atoms with E-state index in [9.17, 15) is 9.59 Å². The number of carbonyl (C=O) groups excluding carboxylic acids is 2. The lowest BCUT2D eigenvalue weighted by Crippen LogP contribution is -2.24. The third kappa shape index (κ3) is 5.03. The Bertz CT molecular complexity index is 456. The van der Waals surface area contributed by atoms with Gasteiger partial charge in [-0.3, -0.25) is 9.59 Å². The number of nitrogens with zero attached hydrogens (tertiary/aromatic N) is 1. The van der Waals surface area contributed by atoms with E-state index in [-0.39, 0.29) is 11.8 Å². The van der Waals surface area contributed by atoms with Crippen molar-refractivity contribution < 1.29 is 9.59 Å². The minimum atomic E-state index is -0.105. The third-order valence-electron chi connectivity index (χ3n) is 3.10. The highest BCUT2D eigenvalue weighted by Gasteiger charge is 2.14. The van der Waals surface area contributed by atoms with Crippen molar-refractivity contribution in [3.63, 3.8) is 0 Å². The van der Waals surface area contributed by atoms with Crippen LogP contribution >= 0.6 is 0 Å². The van der Waals surface area contributed by atoms with Crippen LogP contribution in [0.5, 0.6) is 0 Å². The van der Waals surface area contributed by atoms with Gasteiger partial charge in [0.05, 0.1) is 11.3 Å². The van der Waals surface area contributed by atoms with Crippen molar-refractivity contribution in [3.05, 3.63) is 29.8 Å². The first-order chi connectivity index (χ1) is 9.56. The Hall–Kier alpha value is -1.84. The molecule has 1 N–H and O–H groups in total. The maximum atomic E-state index is 12.0. The summed E-state index contributed by atoms with van der Waals surface area (Å²) in [6.07, 6.45) is 4.78. The van der Waals surface area contributed by atoms with Crippen LogP contribution in [-0.4, -0.2) is 30.8 Å². The Balaban J connectivity index is 2.63. The lowest BCUT2D eigenvalue weighted by molar-refractivity contribution is -0.116. The van der Waals surface area contributed by atoms with Gasteiger partial charge in [-0.2, -0.15) is 0 Å². The number of nitrogens with one attached hydrogen (secondary N) is 1. The highest BCUT2D eigenvalue weighted by atomic mass is 16.2.